The molecular weight excluding hydrogens is 342 g/mol. The summed E-state index contributed by atoms with van der Waals surface area (Å²) in [5.74, 6) is 0.530. The Labute approximate surface area is 155 Å². The van der Waals surface area contributed by atoms with Crippen molar-refractivity contribution < 1.29 is 4.79 Å². The highest BCUT2D eigenvalue weighted by molar-refractivity contribution is 7.17. The maximum atomic E-state index is 12.8. The van der Waals surface area contributed by atoms with Gasteiger partial charge in [0.2, 0.25) is 0 Å². The number of carbonyl (C=O) groups excluding carboxylic acids is 1. The fourth-order valence-electron chi connectivity index (χ4n) is 2.77. The van der Waals surface area contributed by atoms with Crippen LogP contribution in [0.2, 0.25) is 0 Å². The molecule has 2 aromatic heterocycles. The number of nitrogens with zero attached hydrogens (tertiary/aromatic N) is 1. The molecule has 5 heteroatoms. The van der Waals surface area contributed by atoms with Gasteiger partial charge in [0.1, 0.15) is 5.82 Å². The molecule has 0 atom stereocenters. The average Bonchev–Trinajstić information content (AvgIpc) is 3.12. The SMILES string of the molecule is O=C(Nc1cccnc1NCc1ccccc1)c1csc2ccccc12. The lowest BCUT2D eigenvalue weighted by Crippen LogP contribution is -2.14. The van der Waals surface area contributed by atoms with Gasteiger partial charge in [0, 0.05) is 28.2 Å². The highest BCUT2D eigenvalue weighted by atomic mass is 32.1. The lowest BCUT2D eigenvalue weighted by atomic mass is 10.1. The number of pyridine rings is 1. The standard InChI is InChI=1S/C21H17N3OS/c25-21(17-14-26-19-11-5-4-9-16(17)19)24-18-10-6-12-22-20(18)23-13-15-7-2-1-3-8-15/h1-12,14H,13H2,(H,22,23)(H,24,25). The Morgan fingerprint density at radius 1 is 0.962 bits per heavy atom. The van der Waals surface area contributed by atoms with Gasteiger partial charge < -0.3 is 10.6 Å². The van der Waals surface area contributed by atoms with Crippen molar-refractivity contribution in [1.29, 1.82) is 0 Å². The summed E-state index contributed by atoms with van der Waals surface area (Å²) in [6.45, 7) is 0.641. The number of aromatic nitrogens is 1. The molecule has 0 saturated heterocycles. The van der Waals surface area contributed by atoms with E-state index in [1.54, 1.807) is 17.5 Å². The monoisotopic (exact) mass is 359 g/mol. The van der Waals surface area contributed by atoms with E-state index in [-0.39, 0.29) is 5.91 Å². The first kappa shape index (κ1) is 16.3. The molecule has 0 fully saturated rings. The van der Waals surface area contributed by atoms with Gasteiger partial charge >= 0.3 is 0 Å². The van der Waals surface area contributed by atoms with Crippen LogP contribution < -0.4 is 10.6 Å². The predicted molar refractivity (Wildman–Crippen MR) is 108 cm³/mol. The second-order valence-electron chi connectivity index (χ2n) is 5.84. The molecule has 0 aliphatic heterocycles. The summed E-state index contributed by atoms with van der Waals surface area (Å²) < 4.78 is 1.10. The first-order valence-corrected chi connectivity index (χ1v) is 9.19. The van der Waals surface area contributed by atoms with Crippen LogP contribution in [0.15, 0.2) is 78.3 Å². The molecule has 0 aliphatic carbocycles. The molecule has 128 valence electrons. The molecule has 2 aromatic carbocycles. The van der Waals surface area contributed by atoms with Crippen LogP contribution in [0.25, 0.3) is 10.1 Å². The molecular formula is C21H17N3OS. The number of anilines is 2. The molecule has 26 heavy (non-hydrogen) atoms. The Morgan fingerprint density at radius 2 is 1.77 bits per heavy atom. The highest BCUT2D eigenvalue weighted by Crippen LogP contribution is 2.27. The smallest absolute Gasteiger partial charge is 0.257 e. The second-order valence-corrected chi connectivity index (χ2v) is 6.75. The molecule has 1 amide bonds. The van der Waals surface area contributed by atoms with Crippen LogP contribution in [0, 0.1) is 0 Å². The molecule has 0 unspecified atom stereocenters. The van der Waals surface area contributed by atoms with E-state index in [2.05, 4.69) is 15.6 Å². The number of amides is 1. The van der Waals surface area contributed by atoms with Gasteiger partial charge in [-0.15, -0.1) is 11.3 Å². The number of hydrogen-bond donors (Lipinski definition) is 2. The minimum absolute atomic E-state index is 0.127. The predicted octanol–water partition coefficient (Wildman–Crippen LogP) is 5.16. The minimum Gasteiger partial charge on any atom is -0.364 e. The van der Waals surface area contributed by atoms with Gasteiger partial charge in [-0.3, -0.25) is 4.79 Å². The summed E-state index contributed by atoms with van der Waals surface area (Å²) in [6.07, 6.45) is 1.71. The third-order valence-corrected chi connectivity index (χ3v) is 5.05. The molecule has 0 bridgehead atoms. The molecule has 2 heterocycles. The quantitative estimate of drug-likeness (QED) is 0.517. The van der Waals surface area contributed by atoms with E-state index >= 15 is 0 Å². The van der Waals surface area contributed by atoms with Crippen molar-refractivity contribution in [3.63, 3.8) is 0 Å². The van der Waals surface area contributed by atoms with Gasteiger partial charge in [0.25, 0.3) is 5.91 Å². The zero-order valence-corrected chi connectivity index (χ0v) is 14.8. The summed E-state index contributed by atoms with van der Waals surface area (Å²) in [4.78, 5) is 17.1. The van der Waals surface area contributed by atoms with Crippen molar-refractivity contribution >= 4 is 38.8 Å². The molecule has 0 radical (unpaired) electrons. The van der Waals surface area contributed by atoms with E-state index in [0.29, 0.717) is 23.6 Å². The fraction of sp³-hybridized carbons (Fsp3) is 0.0476. The Hall–Kier alpha value is -3.18. The van der Waals surface area contributed by atoms with Crippen molar-refractivity contribution in [2.24, 2.45) is 0 Å². The zero-order chi connectivity index (χ0) is 17.8. The second kappa shape index (κ2) is 7.37. The van der Waals surface area contributed by atoms with Gasteiger partial charge in [-0.25, -0.2) is 4.98 Å². The number of benzene rings is 2. The number of nitrogens with one attached hydrogen (secondary N) is 2. The fourth-order valence-corrected chi connectivity index (χ4v) is 3.71. The first-order chi connectivity index (χ1) is 12.8. The highest BCUT2D eigenvalue weighted by Gasteiger charge is 2.14. The van der Waals surface area contributed by atoms with E-state index in [1.165, 1.54) is 0 Å². The van der Waals surface area contributed by atoms with E-state index in [1.807, 2.05) is 72.1 Å². The normalized spacial score (nSPS) is 10.6. The largest absolute Gasteiger partial charge is 0.364 e. The van der Waals surface area contributed by atoms with E-state index in [4.69, 9.17) is 0 Å². The third-order valence-electron chi connectivity index (χ3n) is 4.08. The van der Waals surface area contributed by atoms with Gasteiger partial charge in [-0.05, 0) is 23.8 Å². The van der Waals surface area contributed by atoms with Gasteiger partial charge in [0.15, 0.2) is 0 Å². The number of hydrogen-bond acceptors (Lipinski definition) is 4. The molecule has 2 N–H and O–H groups in total. The molecule has 4 nitrogen and oxygen atoms in total. The zero-order valence-electron chi connectivity index (χ0n) is 14.0. The average molecular weight is 359 g/mol. The van der Waals surface area contributed by atoms with Crippen LogP contribution in [-0.2, 0) is 6.54 Å². The van der Waals surface area contributed by atoms with E-state index in [0.717, 1.165) is 15.6 Å². The Morgan fingerprint density at radius 3 is 2.65 bits per heavy atom. The maximum absolute atomic E-state index is 12.8. The van der Waals surface area contributed by atoms with Crippen LogP contribution in [-0.4, -0.2) is 10.9 Å². The number of fused-ring (bicyclic) bond motifs is 1. The maximum Gasteiger partial charge on any atom is 0.257 e. The minimum atomic E-state index is -0.127. The van der Waals surface area contributed by atoms with Crippen molar-refractivity contribution in [2.45, 2.75) is 6.54 Å². The third kappa shape index (κ3) is 3.43. The van der Waals surface area contributed by atoms with Gasteiger partial charge in [-0.2, -0.15) is 0 Å². The van der Waals surface area contributed by atoms with Crippen molar-refractivity contribution in [3.8, 4) is 0 Å². The number of thiophene rings is 1. The van der Waals surface area contributed by atoms with Crippen molar-refractivity contribution in [3.05, 3.63) is 89.4 Å². The molecule has 0 spiro atoms. The molecule has 0 saturated carbocycles. The van der Waals surface area contributed by atoms with Crippen molar-refractivity contribution in [1.82, 2.24) is 4.98 Å². The van der Waals surface area contributed by atoms with Crippen LogP contribution in [0.3, 0.4) is 0 Å². The summed E-state index contributed by atoms with van der Waals surface area (Å²) in [6, 6.07) is 21.7. The Balaban J connectivity index is 1.54. The molecule has 4 rings (SSSR count). The lowest BCUT2D eigenvalue weighted by Gasteiger charge is -2.12. The van der Waals surface area contributed by atoms with Crippen LogP contribution in [0.5, 0.6) is 0 Å². The van der Waals surface area contributed by atoms with Crippen LogP contribution in [0.4, 0.5) is 11.5 Å². The van der Waals surface area contributed by atoms with E-state index < -0.39 is 0 Å². The van der Waals surface area contributed by atoms with Gasteiger partial charge in [0.05, 0.1) is 11.3 Å². The van der Waals surface area contributed by atoms with E-state index in [9.17, 15) is 4.79 Å². The summed E-state index contributed by atoms with van der Waals surface area (Å²) in [7, 11) is 0. The topological polar surface area (TPSA) is 54.0 Å². The summed E-state index contributed by atoms with van der Waals surface area (Å²) in [5, 5.41) is 9.14. The van der Waals surface area contributed by atoms with Crippen LogP contribution in [0.1, 0.15) is 15.9 Å². The lowest BCUT2D eigenvalue weighted by molar-refractivity contribution is 0.102. The number of carbonyl (C=O) groups is 1. The Bertz CT molecular complexity index is 1040. The molecule has 4 aromatic rings. The summed E-state index contributed by atoms with van der Waals surface area (Å²) in [5.41, 5.74) is 2.51. The first-order valence-electron chi connectivity index (χ1n) is 8.31. The molecule has 0 aliphatic rings. The Kier molecular flexibility index (Phi) is 4.62. The van der Waals surface area contributed by atoms with Gasteiger partial charge in [-0.1, -0.05) is 48.5 Å². The number of rotatable bonds is 5. The van der Waals surface area contributed by atoms with Crippen molar-refractivity contribution in [2.75, 3.05) is 10.6 Å². The summed E-state index contributed by atoms with van der Waals surface area (Å²) >= 11 is 1.57. The van der Waals surface area contributed by atoms with Crippen LogP contribution >= 0.6 is 11.3 Å².